The predicted molar refractivity (Wildman–Crippen MR) is 106 cm³/mol. The number of likely N-dealkylation sites (tertiary alicyclic amines) is 1. The van der Waals surface area contributed by atoms with Crippen molar-refractivity contribution in [2.24, 2.45) is 11.7 Å². The van der Waals surface area contributed by atoms with Crippen LogP contribution in [0.15, 0.2) is 29.2 Å². The fourth-order valence-electron chi connectivity index (χ4n) is 4.07. The molecule has 158 valence electrons. The molecule has 1 aromatic carbocycles. The van der Waals surface area contributed by atoms with Gasteiger partial charge < -0.3 is 10.6 Å². The minimum absolute atomic E-state index is 0.0320. The first kappa shape index (κ1) is 21.7. The second-order valence-corrected chi connectivity index (χ2v) is 9.91. The summed E-state index contributed by atoms with van der Waals surface area (Å²) in [4.78, 5) is 14.1. The van der Waals surface area contributed by atoms with Crippen LogP contribution in [0.25, 0.3) is 0 Å². The fourth-order valence-corrected chi connectivity index (χ4v) is 5.54. The summed E-state index contributed by atoms with van der Waals surface area (Å²) in [6, 6.07) is 7.18. The molecular weight excluding hydrogens is 395 g/mol. The second kappa shape index (κ2) is 8.78. The van der Waals surface area contributed by atoms with Crippen LogP contribution in [0.2, 0.25) is 0 Å². The van der Waals surface area contributed by atoms with E-state index in [-0.39, 0.29) is 23.8 Å². The topological polar surface area (TPSA) is 108 Å². The van der Waals surface area contributed by atoms with E-state index in [2.05, 4.69) is 0 Å². The summed E-state index contributed by atoms with van der Waals surface area (Å²) in [5.74, 6) is -0.283. The van der Waals surface area contributed by atoms with Crippen LogP contribution in [0.1, 0.15) is 31.2 Å². The Balaban J connectivity index is 1.55. The summed E-state index contributed by atoms with van der Waals surface area (Å²) < 4.78 is 40.6. The molecule has 29 heavy (non-hydrogen) atoms. The maximum atomic E-state index is 13.6. The van der Waals surface area contributed by atoms with Crippen molar-refractivity contribution in [2.75, 3.05) is 19.6 Å². The first-order valence-electron chi connectivity index (χ1n) is 9.89. The Morgan fingerprint density at radius 1 is 1.31 bits per heavy atom. The van der Waals surface area contributed by atoms with E-state index in [1.165, 1.54) is 9.21 Å². The summed E-state index contributed by atoms with van der Waals surface area (Å²) in [5.41, 5.74) is 7.06. The molecule has 9 heteroatoms. The Kier molecular flexibility index (Phi) is 6.56. The largest absolute Gasteiger partial charge is 0.322 e. The molecule has 1 aromatic rings. The van der Waals surface area contributed by atoms with Crippen molar-refractivity contribution in [1.29, 1.82) is 5.26 Å². The van der Waals surface area contributed by atoms with Crippen LogP contribution < -0.4 is 5.73 Å². The van der Waals surface area contributed by atoms with Crippen molar-refractivity contribution in [3.05, 3.63) is 29.8 Å². The maximum Gasteiger partial charge on any atom is 0.243 e. The molecule has 7 nitrogen and oxygen atoms in total. The molecule has 3 atom stereocenters. The van der Waals surface area contributed by atoms with Gasteiger partial charge in [0.25, 0.3) is 0 Å². The van der Waals surface area contributed by atoms with Crippen LogP contribution in [0.3, 0.4) is 0 Å². The average Bonchev–Trinajstić information content (AvgIpc) is 3.09. The standard InChI is InChI=1S/C20H27FN4O3S/c1-14-2-4-18(5-3-14)29(27,28)24-8-6-15(7-9-24)10-19(23)20(26)25-13-16(21)11-17(25)12-22/h2-5,15-17,19H,6-11,13,23H2,1H3/t16-,17-,19?/m0/s1. The van der Waals surface area contributed by atoms with E-state index in [0.29, 0.717) is 32.4 Å². The Bertz CT molecular complexity index is 876. The van der Waals surface area contributed by atoms with Crippen molar-refractivity contribution >= 4 is 15.9 Å². The molecule has 3 rings (SSSR count). The molecule has 2 aliphatic heterocycles. The molecule has 0 radical (unpaired) electrons. The van der Waals surface area contributed by atoms with Crippen LogP contribution in [0.4, 0.5) is 4.39 Å². The maximum absolute atomic E-state index is 13.6. The number of amides is 1. The number of benzene rings is 1. The molecule has 2 aliphatic rings. The van der Waals surface area contributed by atoms with Gasteiger partial charge >= 0.3 is 0 Å². The molecule has 2 N–H and O–H groups in total. The lowest BCUT2D eigenvalue weighted by Crippen LogP contribution is -2.47. The number of halogens is 1. The SMILES string of the molecule is Cc1ccc(S(=O)(=O)N2CCC(CC(N)C(=O)N3C[C@@H](F)C[C@H]3C#N)CC2)cc1. The van der Waals surface area contributed by atoms with Gasteiger partial charge in [0.1, 0.15) is 12.2 Å². The van der Waals surface area contributed by atoms with E-state index in [4.69, 9.17) is 11.0 Å². The number of alkyl halides is 1. The third-order valence-electron chi connectivity index (χ3n) is 5.82. The lowest BCUT2D eigenvalue weighted by Gasteiger charge is -2.33. The number of hydrogen-bond acceptors (Lipinski definition) is 5. The van der Waals surface area contributed by atoms with Gasteiger partial charge in [0, 0.05) is 19.5 Å². The highest BCUT2D eigenvalue weighted by Crippen LogP contribution is 2.28. The quantitative estimate of drug-likeness (QED) is 0.775. The fraction of sp³-hybridized carbons (Fsp3) is 0.600. The van der Waals surface area contributed by atoms with E-state index < -0.39 is 34.2 Å². The Morgan fingerprint density at radius 2 is 1.93 bits per heavy atom. The highest BCUT2D eigenvalue weighted by atomic mass is 32.2. The Morgan fingerprint density at radius 3 is 2.52 bits per heavy atom. The molecule has 0 aliphatic carbocycles. The van der Waals surface area contributed by atoms with Gasteiger partial charge in [-0.05, 0) is 44.2 Å². The molecule has 1 unspecified atom stereocenters. The highest BCUT2D eigenvalue weighted by molar-refractivity contribution is 7.89. The third-order valence-corrected chi connectivity index (χ3v) is 7.73. The molecular formula is C20H27FN4O3S. The van der Waals surface area contributed by atoms with Crippen molar-refractivity contribution in [3.63, 3.8) is 0 Å². The van der Waals surface area contributed by atoms with Crippen molar-refractivity contribution in [1.82, 2.24) is 9.21 Å². The van der Waals surface area contributed by atoms with Crippen LogP contribution in [-0.2, 0) is 14.8 Å². The first-order chi connectivity index (χ1) is 13.7. The smallest absolute Gasteiger partial charge is 0.243 e. The molecule has 2 saturated heterocycles. The minimum atomic E-state index is -3.53. The zero-order valence-corrected chi connectivity index (χ0v) is 17.3. The number of rotatable bonds is 5. The van der Waals surface area contributed by atoms with Gasteiger partial charge in [0.05, 0.1) is 23.6 Å². The average molecular weight is 423 g/mol. The number of aryl methyl sites for hydroxylation is 1. The van der Waals surface area contributed by atoms with E-state index in [1.807, 2.05) is 13.0 Å². The molecule has 2 fully saturated rings. The first-order valence-corrected chi connectivity index (χ1v) is 11.3. The lowest BCUT2D eigenvalue weighted by atomic mass is 9.91. The molecule has 0 saturated carbocycles. The van der Waals surface area contributed by atoms with Gasteiger partial charge in [-0.1, -0.05) is 17.7 Å². The van der Waals surface area contributed by atoms with Gasteiger partial charge in [-0.2, -0.15) is 9.57 Å². The number of hydrogen-bond donors (Lipinski definition) is 1. The highest BCUT2D eigenvalue weighted by Gasteiger charge is 2.38. The van der Waals surface area contributed by atoms with Gasteiger partial charge in [-0.3, -0.25) is 4.79 Å². The van der Waals surface area contributed by atoms with Crippen LogP contribution in [-0.4, -0.2) is 61.4 Å². The zero-order chi connectivity index (χ0) is 21.2. The minimum Gasteiger partial charge on any atom is -0.322 e. The molecule has 2 heterocycles. The third kappa shape index (κ3) is 4.77. The van der Waals surface area contributed by atoms with Crippen molar-refractivity contribution < 1.29 is 17.6 Å². The van der Waals surface area contributed by atoms with Crippen LogP contribution in [0.5, 0.6) is 0 Å². The second-order valence-electron chi connectivity index (χ2n) is 7.97. The normalized spacial score (nSPS) is 25.0. The van der Waals surface area contributed by atoms with E-state index in [1.54, 1.807) is 24.3 Å². The molecule has 0 bridgehead atoms. The van der Waals surface area contributed by atoms with Crippen molar-refractivity contribution in [2.45, 2.75) is 55.8 Å². The van der Waals surface area contributed by atoms with Crippen LogP contribution in [0, 0.1) is 24.2 Å². The van der Waals surface area contributed by atoms with Gasteiger partial charge in [0.15, 0.2) is 0 Å². The van der Waals surface area contributed by atoms with E-state index >= 15 is 0 Å². The number of carbonyl (C=O) groups is 1. The van der Waals surface area contributed by atoms with Gasteiger partial charge in [0.2, 0.25) is 15.9 Å². The van der Waals surface area contributed by atoms with E-state index in [0.717, 1.165) is 5.56 Å². The molecule has 0 spiro atoms. The summed E-state index contributed by atoms with van der Waals surface area (Å²) >= 11 is 0. The zero-order valence-electron chi connectivity index (χ0n) is 16.5. The number of nitrogens with zero attached hydrogens (tertiary/aromatic N) is 3. The molecule has 0 aromatic heterocycles. The van der Waals surface area contributed by atoms with Crippen molar-refractivity contribution in [3.8, 4) is 6.07 Å². The number of piperidine rings is 1. The van der Waals surface area contributed by atoms with E-state index in [9.17, 15) is 17.6 Å². The number of carbonyl (C=O) groups excluding carboxylic acids is 1. The Labute approximate surface area is 171 Å². The predicted octanol–water partition coefficient (Wildman–Crippen LogP) is 1.58. The Hall–Kier alpha value is -2.02. The summed E-state index contributed by atoms with van der Waals surface area (Å²) in [6.45, 7) is 2.57. The van der Waals surface area contributed by atoms with Gasteiger partial charge in [-0.15, -0.1) is 0 Å². The number of nitriles is 1. The monoisotopic (exact) mass is 422 g/mol. The van der Waals surface area contributed by atoms with Crippen LogP contribution >= 0.6 is 0 Å². The number of nitrogens with two attached hydrogens (primary N) is 1. The molecule has 1 amide bonds. The summed E-state index contributed by atoms with van der Waals surface area (Å²) in [7, 11) is -3.53. The number of sulfonamides is 1. The summed E-state index contributed by atoms with van der Waals surface area (Å²) in [5, 5.41) is 9.11. The van der Waals surface area contributed by atoms with Gasteiger partial charge in [-0.25, -0.2) is 12.8 Å². The lowest BCUT2D eigenvalue weighted by molar-refractivity contribution is -0.133. The summed E-state index contributed by atoms with van der Waals surface area (Å²) in [6.07, 6.45) is 0.470.